The number of fused-ring (bicyclic) bond motifs is 2. The molecule has 3 aromatic carbocycles. The first-order chi connectivity index (χ1) is 17.0. The molecule has 2 heterocycles. The highest BCUT2D eigenvalue weighted by atomic mass is 16.5. The first-order valence-electron chi connectivity index (χ1n) is 11.0. The van der Waals surface area contributed by atoms with Gasteiger partial charge in [0, 0.05) is 12.0 Å². The Bertz CT molecular complexity index is 1480. The number of aromatic carboxylic acids is 1. The Morgan fingerprint density at radius 2 is 1.80 bits per heavy atom. The van der Waals surface area contributed by atoms with Gasteiger partial charge < -0.3 is 24.3 Å². The van der Waals surface area contributed by atoms with E-state index < -0.39 is 28.8 Å². The molecule has 0 fully saturated rings. The third-order valence-corrected chi connectivity index (χ3v) is 5.71. The molecule has 1 aliphatic rings. The van der Waals surface area contributed by atoms with E-state index in [1.54, 1.807) is 30.3 Å². The summed E-state index contributed by atoms with van der Waals surface area (Å²) in [4.78, 5) is 37.5. The van der Waals surface area contributed by atoms with Gasteiger partial charge in [-0.15, -0.1) is 0 Å². The second-order valence-corrected chi connectivity index (χ2v) is 8.16. The second-order valence-electron chi connectivity index (χ2n) is 8.16. The Hall–Kier alpha value is -4.43. The minimum absolute atomic E-state index is 0.128. The summed E-state index contributed by atoms with van der Waals surface area (Å²) >= 11 is 0. The summed E-state index contributed by atoms with van der Waals surface area (Å²) in [6, 6.07) is 21.0. The molecule has 8 heteroatoms. The Kier molecular flexibility index (Phi) is 6.03. The molecule has 1 unspecified atom stereocenters. The summed E-state index contributed by atoms with van der Waals surface area (Å²) in [5.41, 5.74) is 1.25. The SMILES string of the molecule is O=C(Nc1c(C(=O)O)oc2ccccc2c1=O)c1ccc2c(c1)CC(COCc1ccccc1)O2. The van der Waals surface area contributed by atoms with Crippen molar-refractivity contribution < 1.29 is 28.6 Å². The van der Waals surface area contributed by atoms with Crippen LogP contribution in [0.3, 0.4) is 0 Å². The molecule has 0 radical (unpaired) electrons. The van der Waals surface area contributed by atoms with Gasteiger partial charge in [0.15, 0.2) is 0 Å². The van der Waals surface area contributed by atoms with Crippen molar-refractivity contribution in [3.05, 3.63) is 105 Å². The number of hydrogen-bond donors (Lipinski definition) is 2. The maximum Gasteiger partial charge on any atom is 0.374 e. The molecule has 0 bridgehead atoms. The van der Waals surface area contributed by atoms with Gasteiger partial charge in [0.25, 0.3) is 5.91 Å². The van der Waals surface area contributed by atoms with Crippen LogP contribution in [-0.2, 0) is 17.8 Å². The number of carboxylic acids is 1. The van der Waals surface area contributed by atoms with Gasteiger partial charge in [0.05, 0.1) is 18.6 Å². The fraction of sp³-hybridized carbons (Fsp3) is 0.148. The van der Waals surface area contributed by atoms with E-state index in [-0.39, 0.29) is 22.6 Å². The minimum Gasteiger partial charge on any atom is -0.487 e. The van der Waals surface area contributed by atoms with E-state index in [1.807, 2.05) is 30.3 Å². The van der Waals surface area contributed by atoms with Crippen molar-refractivity contribution in [2.45, 2.75) is 19.1 Å². The van der Waals surface area contributed by atoms with E-state index in [0.717, 1.165) is 11.1 Å². The summed E-state index contributed by atoms with van der Waals surface area (Å²) in [5.74, 6) is -2.04. The molecular formula is C27H21NO7. The van der Waals surface area contributed by atoms with Crippen molar-refractivity contribution in [3.63, 3.8) is 0 Å². The standard InChI is InChI=1S/C27H21NO7/c29-24-20-8-4-5-9-22(20)35-25(27(31)32)23(24)28-26(30)17-10-11-21-18(12-17)13-19(34-21)15-33-14-16-6-2-1-3-7-16/h1-12,19H,13-15H2,(H,28,30)(H,31,32). The zero-order valence-electron chi connectivity index (χ0n) is 18.5. The van der Waals surface area contributed by atoms with E-state index in [2.05, 4.69) is 5.32 Å². The molecule has 8 nitrogen and oxygen atoms in total. The molecule has 1 aliphatic heterocycles. The van der Waals surface area contributed by atoms with Gasteiger partial charge in [-0.05, 0) is 41.5 Å². The van der Waals surface area contributed by atoms with E-state index >= 15 is 0 Å². The van der Waals surface area contributed by atoms with Crippen LogP contribution < -0.4 is 15.5 Å². The first-order valence-corrected chi connectivity index (χ1v) is 11.0. The monoisotopic (exact) mass is 471 g/mol. The van der Waals surface area contributed by atoms with Crippen molar-refractivity contribution in [1.82, 2.24) is 0 Å². The van der Waals surface area contributed by atoms with Crippen LogP contribution in [0.1, 0.15) is 32.0 Å². The van der Waals surface area contributed by atoms with Crippen LogP contribution in [0.25, 0.3) is 11.0 Å². The van der Waals surface area contributed by atoms with Gasteiger partial charge in [-0.1, -0.05) is 42.5 Å². The van der Waals surface area contributed by atoms with Crippen molar-refractivity contribution >= 4 is 28.5 Å². The Labute approximate surface area is 199 Å². The van der Waals surface area contributed by atoms with Crippen molar-refractivity contribution in [1.29, 1.82) is 0 Å². The molecule has 1 amide bonds. The predicted molar refractivity (Wildman–Crippen MR) is 128 cm³/mol. The summed E-state index contributed by atoms with van der Waals surface area (Å²) in [5, 5.41) is 12.1. The van der Waals surface area contributed by atoms with E-state index in [4.69, 9.17) is 13.9 Å². The second kappa shape index (κ2) is 9.44. The number of carbonyl (C=O) groups is 2. The van der Waals surface area contributed by atoms with E-state index in [9.17, 15) is 19.5 Å². The molecule has 1 atom stereocenters. The number of carboxylic acid groups (broad SMARTS) is 1. The quantitative estimate of drug-likeness (QED) is 0.414. The van der Waals surface area contributed by atoms with Gasteiger partial charge >= 0.3 is 5.97 Å². The average Bonchev–Trinajstić information content (AvgIpc) is 3.28. The van der Waals surface area contributed by atoms with Gasteiger partial charge in [0.2, 0.25) is 11.2 Å². The number of benzene rings is 3. The predicted octanol–water partition coefficient (Wildman–Crippen LogP) is 4.26. The molecule has 0 saturated carbocycles. The van der Waals surface area contributed by atoms with Gasteiger partial charge in [-0.3, -0.25) is 9.59 Å². The molecular weight excluding hydrogens is 450 g/mol. The fourth-order valence-electron chi connectivity index (χ4n) is 4.03. The summed E-state index contributed by atoms with van der Waals surface area (Å²) in [6.45, 7) is 0.871. The number of carbonyl (C=O) groups excluding carboxylic acids is 1. The smallest absolute Gasteiger partial charge is 0.374 e. The molecule has 4 aromatic rings. The molecule has 176 valence electrons. The lowest BCUT2D eigenvalue weighted by Gasteiger charge is -2.11. The Morgan fingerprint density at radius 1 is 1.03 bits per heavy atom. The largest absolute Gasteiger partial charge is 0.487 e. The van der Waals surface area contributed by atoms with Gasteiger partial charge in [-0.25, -0.2) is 4.79 Å². The first kappa shape index (κ1) is 22.4. The number of ether oxygens (including phenoxy) is 2. The van der Waals surface area contributed by atoms with Gasteiger partial charge in [0.1, 0.15) is 23.1 Å². The molecule has 35 heavy (non-hydrogen) atoms. The molecule has 0 aliphatic carbocycles. The maximum absolute atomic E-state index is 12.9. The van der Waals surface area contributed by atoms with Gasteiger partial charge in [-0.2, -0.15) is 0 Å². The molecule has 0 spiro atoms. The van der Waals surface area contributed by atoms with Crippen LogP contribution in [0.5, 0.6) is 5.75 Å². The van der Waals surface area contributed by atoms with Crippen LogP contribution in [0.2, 0.25) is 0 Å². The maximum atomic E-state index is 12.9. The fourth-order valence-corrected chi connectivity index (χ4v) is 4.03. The van der Waals surface area contributed by atoms with E-state index in [1.165, 1.54) is 12.1 Å². The third kappa shape index (κ3) is 4.64. The van der Waals surface area contributed by atoms with Crippen LogP contribution in [0.15, 0.2) is 82.0 Å². The normalized spacial score (nSPS) is 14.3. The third-order valence-electron chi connectivity index (χ3n) is 5.71. The summed E-state index contributed by atoms with van der Waals surface area (Å²) in [6.07, 6.45) is 0.377. The number of hydrogen-bond acceptors (Lipinski definition) is 6. The van der Waals surface area contributed by atoms with Crippen molar-refractivity contribution in [2.75, 3.05) is 11.9 Å². The molecule has 5 rings (SSSR count). The number of nitrogens with one attached hydrogen (secondary N) is 1. The average molecular weight is 471 g/mol. The highest BCUT2D eigenvalue weighted by Crippen LogP contribution is 2.30. The van der Waals surface area contributed by atoms with Crippen LogP contribution >= 0.6 is 0 Å². The number of amides is 1. The number of para-hydroxylation sites is 1. The Balaban J connectivity index is 1.30. The van der Waals surface area contributed by atoms with Crippen LogP contribution in [0, 0.1) is 0 Å². The Morgan fingerprint density at radius 3 is 2.60 bits per heavy atom. The van der Waals surface area contributed by atoms with Crippen LogP contribution in [0.4, 0.5) is 5.69 Å². The lowest BCUT2D eigenvalue weighted by Crippen LogP contribution is -2.22. The molecule has 2 N–H and O–H groups in total. The topological polar surface area (TPSA) is 115 Å². The molecule has 0 saturated heterocycles. The zero-order chi connectivity index (χ0) is 24.4. The molecule has 1 aromatic heterocycles. The lowest BCUT2D eigenvalue weighted by atomic mass is 10.1. The van der Waals surface area contributed by atoms with Crippen LogP contribution in [-0.4, -0.2) is 29.7 Å². The highest BCUT2D eigenvalue weighted by molar-refractivity contribution is 6.08. The summed E-state index contributed by atoms with van der Waals surface area (Å²) < 4.78 is 17.1. The lowest BCUT2D eigenvalue weighted by molar-refractivity contribution is 0.0510. The van der Waals surface area contributed by atoms with Crippen molar-refractivity contribution in [2.24, 2.45) is 0 Å². The highest BCUT2D eigenvalue weighted by Gasteiger charge is 2.26. The summed E-state index contributed by atoms with van der Waals surface area (Å²) in [7, 11) is 0. The van der Waals surface area contributed by atoms with E-state index in [0.29, 0.717) is 25.4 Å². The number of anilines is 1. The zero-order valence-corrected chi connectivity index (χ0v) is 18.5. The van der Waals surface area contributed by atoms with Crippen molar-refractivity contribution in [3.8, 4) is 5.75 Å². The minimum atomic E-state index is -1.45. The number of rotatable bonds is 7.